The number of fused-ring (bicyclic) bond motifs is 1. The molecule has 0 amide bonds. The van der Waals surface area contributed by atoms with E-state index in [0.29, 0.717) is 0 Å². The molecular formula is C12H14F2N2O2S. The number of alkyl halides is 2. The molecule has 19 heavy (non-hydrogen) atoms. The lowest BCUT2D eigenvalue weighted by atomic mass is 9.82. The highest BCUT2D eigenvalue weighted by molar-refractivity contribution is 7.89. The number of nitrogens with zero attached hydrogens (tertiary/aromatic N) is 2. The Bertz CT molecular complexity index is 579. The predicted molar refractivity (Wildman–Crippen MR) is 64.9 cm³/mol. The third-order valence-corrected chi connectivity index (χ3v) is 5.80. The topological polar surface area (TPSA) is 50.3 Å². The first-order valence-corrected chi connectivity index (χ1v) is 7.77. The summed E-state index contributed by atoms with van der Waals surface area (Å²) in [6.45, 7) is 0.502. The van der Waals surface area contributed by atoms with Crippen LogP contribution in [0.3, 0.4) is 0 Å². The molecule has 1 aromatic rings. The van der Waals surface area contributed by atoms with Gasteiger partial charge in [-0.2, -0.15) is 4.31 Å². The second-order valence-electron chi connectivity index (χ2n) is 5.19. The van der Waals surface area contributed by atoms with Gasteiger partial charge in [0.25, 0.3) is 5.92 Å². The number of sulfonamides is 1. The maximum atomic E-state index is 13.2. The molecule has 1 aliphatic carbocycles. The van der Waals surface area contributed by atoms with Crippen LogP contribution >= 0.6 is 0 Å². The van der Waals surface area contributed by atoms with Gasteiger partial charge in [0.15, 0.2) is 0 Å². The lowest BCUT2D eigenvalue weighted by Gasteiger charge is -2.36. The number of pyridine rings is 1. The highest BCUT2D eigenvalue weighted by Gasteiger charge is 2.50. The van der Waals surface area contributed by atoms with Gasteiger partial charge in [-0.05, 0) is 23.6 Å². The molecule has 7 heteroatoms. The smallest absolute Gasteiger partial charge is 0.251 e. The van der Waals surface area contributed by atoms with Crippen LogP contribution in [0.25, 0.3) is 0 Å². The van der Waals surface area contributed by atoms with Crippen LogP contribution in [0.15, 0.2) is 18.5 Å². The lowest BCUT2D eigenvalue weighted by Crippen LogP contribution is -2.45. The summed E-state index contributed by atoms with van der Waals surface area (Å²) in [4.78, 5) is 3.94. The molecule has 104 valence electrons. The van der Waals surface area contributed by atoms with Crippen molar-refractivity contribution in [2.45, 2.75) is 31.9 Å². The third-order valence-electron chi connectivity index (χ3n) is 3.93. The second kappa shape index (κ2) is 4.21. The summed E-state index contributed by atoms with van der Waals surface area (Å²) in [5.74, 6) is -4.30. The van der Waals surface area contributed by atoms with Crippen molar-refractivity contribution in [2.24, 2.45) is 5.92 Å². The molecule has 1 fully saturated rings. The first-order chi connectivity index (χ1) is 8.88. The normalized spacial score (nSPS) is 25.9. The van der Waals surface area contributed by atoms with Crippen LogP contribution in [0.2, 0.25) is 0 Å². The number of aromatic nitrogens is 1. The van der Waals surface area contributed by atoms with Crippen LogP contribution in [-0.2, 0) is 23.1 Å². The van der Waals surface area contributed by atoms with Crippen LogP contribution in [0.5, 0.6) is 0 Å². The largest absolute Gasteiger partial charge is 0.264 e. The maximum Gasteiger partial charge on any atom is 0.251 e. The SMILES string of the molecule is O=S(=O)(CC1CCC1(F)F)N1Cc2ccncc2C1. The van der Waals surface area contributed by atoms with E-state index >= 15 is 0 Å². The van der Waals surface area contributed by atoms with Crippen LogP contribution in [0, 0.1) is 5.92 Å². The first kappa shape index (κ1) is 12.9. The van der Waals surface area contributed by atoms with Gasteiger partial charge in [-0.3, -0.25) is 4.98 Å². The van der Waals surface area contributed by atoms with Gasteiger partial charge in [0.1, 0.15) is 0 Å². The Labute approximate surface area is 110 Å². The molecule has 1 atom stereocenters. The monoisotopic (exact) mass is 288 g/mol. The summed E-state index contributed by atoms with van der Waals surface area (Å²) >= 11 is 0. The van der Waals surface area contributed by atoms with Gasteiger partial charge in [0.2, 0.25) is 10.0 Å². The molecule has 1 saturated carbocycles. The van der Waals surface area contributed by atoms with Gasteiger partial charge in [-0.1, -0.05) is 0 Å². The molecule has 3 rings (SSSR count). The zero-order chi connectivity index (χ0) is 13.7. The predicted octanol–water partition coefficient (Wildman–Crippen LogP) is 1.77. The third kappa shape index (κ3) is 2.25. The van der Waals surface area contributed by atoms with Crippen molar-refractivity contribution in [1.82, 2.24) is 9.29 Å². The molecule has 1 unspecified atom stereocenters. The summed E-state index contributed by atoms with van der Waals surface area (Å²) in [7, 11) is -3.63. The van der Waals surface area contributed by atoms with Crippen molar-refractivity contribution in [3.63, 3.8) is 0 Å². The van der Waals surface area contributed by atoms with Gasteiger partial charge in [0, 0.05) is 37.8 Å². The van der Waals surface area contributed by atoms with Crippen molar-refractivity contribution in [3.8, 4) is 0 Å². The number of hydrogen-bond donors (Lipinski definition) is 0. The summed E-state index contributed by atoms with van der Waals surface area (Å²) < 4.78 is 52.0. The Morgan fingerprint density at radius 1 is 1.37 bits per heavy atom. The molecule has 1 aromatic heterocycles. The molecular weight excluding hydrogens is 274 g/mol. The van der Waals surface area contributed by atoms with E-state index in [9.17, 15) is 17.2 Å². The molecule has 0 radical (unpaired) electrons. The fourth-order valence-corrected chi connectivity index (χ4v) is 4.32. The molecule has 0 saturated heterocycles. The average molecular weight is 288 g/mol. The fourth-order valence-electron chi connectivity index (χ4n) is 2.52. The van der Waals surface area contributed by atoms with Crippen molar-refractivity contribution < 1.29 is 17.2 Å². The number of rotatable bonds is 3. The standard InChI is InChI=1S/C12H14F2N2O2S/c13-12(14)3-1-11(12)8-19(17,18)16-6-9-2-4-15-5-10(9)7-16/h2,4-5,11H,1,3,6-8H2. The minimum atomic E-state index is -3.63. The minimum absolute atomic E-state index is 0.197. The summed E-state index contributed by atoms with van der Waals surface area (Å²) in [5, 5.41) is 0. The highest BCUT2D eigenvalue weighted by atomic mass is 32.2. The summed E-state index contributed by atoms with van der Waals surface area (Å²) in [6.07, 6.45) is 3.32. The van der Waals surface area contributed by atoms with E-state index < -0.39 is 27.6 Å². The van der Waals surface area contributed by atoms with Gasteiger partial charge in [-0.15, -0.1) is 0 Å². The van der Waals surface area contributed by atoms with Gasteiger partial charge in [-0.25, -0.2) is 17.2 Å². The Balaban J connectivity index is 1.73. The van der Waals surface area contributed by atoms with Gasteiger partial charge in [0.05, 0.1) is 5.75 Å². The molecule has 1 aliphatic heterocycles. The van der Waals surface area contributed by atoms with Crippen molar-refractivity contribution in [3.05, 3.63) is 29.6 Å². The Hall–Kier alpha value is -1.08. The van der Waals surface area contributed by atoms with Crippen LogP contribution < -0.4 is 0 Å². The van der Waals surface area contributed by atoms with E-state index in [-0.39, 0.29) is 25.9 Å². The van der Waals surface area contributed by atoms with Crippen molar-refractivity contribution >= 4 is 10.0 Å². The quantitative estimate of drug-likeness (QED) is 0.852. The van der Waals surface area contributed by atoms with Crippen LogP contribution in [0.1, 0.15) is 24.0 Å². The Morgan fingerprint density at radius 3 is 2.68 bits per heavy atom. The van der Waals surface area contributed by atoms with E-state index in [2.05, 4.69) is 4.98 Å². The van der Waals surface area contributed by atoms with Crippen molar-refractivity contribution in [2.75, 3.05) is 5.75 Å². The summed E-state index contributed by atoms with van der Waals surface area (Å²) in [5.41, 5.74) is 1.75. The fraction of sp³-hybridized carbons (Fsp3) is 0.583. The van der Waals surface area contributed by atoms with E-state index in [0.717, 1.165) is 11.1 Å². The second-order valence-corrected chi connectivity index (χ2v) is 7.20. The Kier molecular flexibility index (Phi) is 2.86. The van der Waals surface area contributed by atoms with E-state index in [4.69, 9.17) is 0 Å². The van der Waals surface area contributed by atoms with E-state index in [1.165, 1.54) is 4.31 Å². The lowest BCUT2D eigenvalue weighted by molar-refractivity contribution is -0.122. The molecule has 2 heterocycles. The molecule has 4 nitrogen and oxygen atoms in total. The first-order valence-electron chi connectivity index (χ1n) is 6.16. The zero-order valence-electron chi connectivity index (χ0n) is 10.2. The highest BCUT2D eigenvalue weighted by Crippen LogP contribution is 2.44. The molecule has 0 spiro atoms. The number of halogens is 2. The van der Waals surface area contributed by atoms with E-state index in [1.807, 2.05) is 0 Å². The number of hydrogen-bond acceptors (Lipinski definition) is 3. The molecule has 0 aromatic carbocycles. The average Bonchev–Trinajstić information content (AvgIpc) is 2.79. The molecule has 2 aliphatic rings. The Morgan fingerprint density at radius 2 is 2.11 bits per heavy atom. The van der Waals surface area contributed by atoms with E-state index in [1.54, 1.807) is 18.5 Å². The van der Waals surface area contributed by atoms with Gasteiger partial charge < -0.3 is 0 Å². The van der Waals surface area contributed by atoms with Gasteiger partial charge >= 0.3 is 0 Å². The summed E-state index contributed by atoms with van der Waals surface area (Å²) in [6, 6.07) is 1.77. The van der Waals surface area contributed by atoms with Crippen molar-refractivity contribution in [1.29, 1.82) is 0 Å². The minimum Gasteiger partial charge on any atom is -0.264 e. The maximum absolute atomic E-state index is 13.2. The molecule has 0 N–H and O–H groups in total. The molecule has 0 bridgehead atoms. The zero-order valence-corrected chi connectivity index (χ0v) is 11.0. The van der Waals surface area contributed by atoms with Crippen LogP contribution in [0.4, 0.5) is 8.78 Å². The van der Waals surface area contributed by atoms with Crippen LogP contribution in [-0.4, -0.2) is 29.4 Å².